The third kappa shape index (κ3) is 3.02. The van der Waals surface area contributed by atoms with Crippen molar-refractivity contribution in [1.82, 2.24) is 0 Å². The van der Waals surface area contributed by atoms with E-state index in [1.807, 2.05) is 0 Å². The Kier molecular flexibility index (Phi) is 5.26. The summed E-state index contributed by atoms with van der Waals surface area (Å²) < 4.78 is 4.17. The predicted molar refractivity (Wildman–Crippen MR) is 41.8 cm³/mol. The van der Waals surface area contributed by atoms with E-state index in [0.717, 1.165) is 3.63 Å². The Labute approximate surface area is 61.4 Å². The first kappa shape index (κ1) is 8.88. The Bertz CT molecular complexity index is 46.3. The van der Waals surface area contributed by atoms with Crippen LogP contribution in [-0.4, -0.2) is 21.8 Å². The fourth-order valence-corrected chi connectivity index (χ4v) is 8.37. The van der Waals surface area contributed by atoms with E-state index in [1.54, 1.807) is 8.26 Å². The Balaban J connectivity index is 3.35. The van der Waals surface area contributed by atoms with Crippen molar-refractivity contribution in [1.29, 1.82) is 0 Å². The first-order valence-corrected chi connectivity index (χ1v) is 10.4. The fourth-order valence-electron chi connectivity index (χ4n) is 0.954. The normalized spacial score (nSPS) is 11.2. The van der Waals surface area contributed by atoms with Gasteiger partial charge in [0.1, 0.15) is 0 Å². The van der Waals surface area contributed by atoms with Crippen LogP contribution in [0.1, 0.15) is 27.7 Å². The van der Waals surface area contributed by atoms with Crippen molar-refractivity contribution in [2.75, 3.05) is 0 Å². The van der Waals surface area contributed by atoms with Gasteiger partial charge in [-0.15, -0.1) is 0 Å². The van der Waals surface area contributed by atoms with E-state index in [1.165, 1.54) is 0 Å². The summed E-state index contributed by atoms with van der Waals surface area (Å²) >= 11 is -0.834. The van der Waals surface area contributed by atoms with Crippen molar-refractivity contribution >= 4 is 21.8 Å². The van der Waals surface area contributed by atoms with Crippen molar-refractivity contribution in [3.05, 3.63) is 0 Å². The van der Waals surface area contributed by atoms with E-state index >= 15 is 0 Å². The molecule has 0 radical (unpaired) electrons. The molecular formula is C7H17Bi. The van der Waals surface area contributed by atoms with Crippen LogP contribution in [0, 0.1) is 0 Å². The molecule has 0 aliphatic rings. The van der Waals surface area contributed by atoms with Gasteiger partial charge in [-0.3, -0.25) is 0 Å². The van der Waals surface area contributed by atoms with Gasteiger partial charge in [-0.1, -0.05) is 0 Å². The molecule has 0 fully saturated rings. The molecule has 50 valence electrons. The zero-order chi connectivity index (χ0) is 6.57. The van der Waals surface area contributed by atoms with E-state index in [0.29, 0.717) is 0 Å². The van der Waals surface area contributed by atoms with Crippen molar-refractivity contribution in [2.24, 2.45) is 0 Å². The van der Waals surface area contributed by atoms with Gasteiger partial charge in [0.25, 0.3) is 0 Å². The molecule has 0 aromatic carbocycles. The van der Waals surface area contributed by atoms with Crippen LogP contribution >= 0.6 is 0 Å². The van der Waals surface area contributed by atoms with Crippen LogP contribution in [0.15, 0.2) is 0 Å². The van der Waals surface area contributed by atoms with Gasteiger partial charge in [0.05, 0.1) is 0 Å². The summed E-state index contributed by atoms with van der Waals surface area (Å²) in [6, 6.07) is 0. The first-order valence-electron chi connectivity index (χ1n) is 3.46. The van der Waals surface area contributed by atoms with Crippen LogP contribution in [-0.2, 0) is 0 Å². The number of hydrogen-bond acceptors (Lipinski definition) is 0. The SMILES string of the molecule is C[CH2][Bi]([CH2]C)[CH](C)C. The molecule has 0 saturated heterocycles. The molecule has 0 N–H and O–H groups in total. The van der Waals surface area contributed by atoms with Crippen LogP contribution in [0.25, 0.3) is 0 Å². The minimum absolute atomic E-state index is 0.834. The van der Waals surface area contributed by atoms with Crippen LogP contribution in [0.3, 0.4) is 0 Å². The molecule has 0 unspecified atom stereocenters. The maximum absolute atomic E-state index is 2.39. The predicted octanol–water partition coefficient (Wildman–Crippen LogP) is 2.93. The summed E-state index contributed by atoms with van der Waals surface area (Å²) in [5.41, 5.74) is 0. The number of hydrogen-bond donors (Lipinski definition) is 0. The van der Waals surface area contributed by atoms with Gasteiger partial charge in [-0.25, -0.2) is 0 Å². The van der Waals surface area contributed by atoms with Gasteiger partial charge in [0.2, 0.25) is 0 Å². The molecule has 0 rings (SSSR count). The van der Waals surface area contributed by atoms with Crippen LogP contribution < -0.4 is 0 Å². The van der Waals surface area contributed by atoms with E-state index in [2.05, 4.69) is 27.7 Å². The topological polar surface area (TPSA) is 0 Å². The van der Waals surface area contributed by atoms with Gasteiger partial charge in [-0.2, -0.15) is 0 Å². The van der Waals surface area contributed by atoms with Crippen LogP contribution in [0.5, 0.6) is 0 Å². The van der Waals surface area contributed by atoms with Crippen molar-refractivity contribution in [3.8, 4) is 0 Å². The van der Waals surface area contributed by atoms with Gasteiger partial charge < -0.3 is 0 Å². The van der Waals surface area contributed by atoms with E-state index in [-0.39, 0.29) is 0 Å². The minimum atomic E-state index is -0.834. The molecule has 0 spiro atoms. The monoisotopic (exact) mass is 310 g/mol. The van der Waals surface area contributed by atoms with Crippen LogP contribution in [0.4, 0.5) is 0 Å². The molecule has 8 heavy (non-hydrogen) atoms. The maximum atomic E-state index is 2.39. The van der Waals surface area contributed by atoms with Gasteiger partial charge in [0.15, 0.2) is 0 Å². The van der Waals surface area contributed by atoms with Crippen LogP contribution in [0.2, 0.25) is 11.9 Å². The third-order valence-corrected chi connectivity index (χ3v) is 13.5. The second-order valence-electron chi connectivity index (χ2n) is 2.31. The van der Waals surface area contributed by atoms with E-state index < -0.39 is 21.8 Å². The van der Waals surface area contributed by atoms with Crippen molar-refractivity contribution < 1.29 is 0 Å². The molecule has 0 aliphatic heterocycles. The zero-order valence-electron chi connectivity index (χ0n) is 6.44. The van der Waals surface area contributed by atoms with E-state index in [4.69, 9.17) is 0 Å². The summed E-state index contributed by atoms with van der Waals surface area (Å²) in [7, 11) is 0. The summed E-state index contributed by atoms with van der Waals surface area (Å²) in [4.78, 5) is 0. The molecule has 0 aromatic rings. The summed E-state index contributed by atoms with van der Waals surface area (Å²) in [5, 5.41) is 0. The molecule has 0 atom stereocenters. The molecule has 0 bridgehead atoms. The second kappa shape index (κ2) is 4.73. The number of rotatable bonds is 3. The fraction of sp³-hybridized carbons (Fsp3) is 1.00. The summed E-state index contributed by atoms with van der Waals surface area (Å²) in [6.07, 6.45) is 0. The summed E-state index contributed by atoms with van der Waals surface area (Å²) in [6.45, 7) is 9.51. The average molecular weight is 310 g/mol. The Morgan fingerprint density at radius 1 is 1.12 bits per heavy atom. The quantitative estimate of drug-likeness (QED) is 0.703. The zero-order valence-corrected chi connectivity index (χ0v) is 9.92. The Hall–Kier alpha value is 0.883. The average Bonchev–Trinajstić information content (AvgIpc) is 1.69. The van der Waals surface area contributed by atoms with E-state index in [9.17, 15) is 0 Å². The second-order valence-corrected chi connectivity index (χ2v) is 15.8. The van der Waals surface area contributed by atoms with Crippen molar-refractivity contribution in [2.45, 2.75) is 39.6 Å². The van der Waals surface area contributed by atoms with Crippen molar-refractivity contribution in [3.63, 3.8) is 0 Å². The molecule has 0 nitrogen and oxygen atoms in total. The first-order chi connectivity index (χ1) is 3.72. The molecule has 0 saturated carbocycles. The molecule has 0 aliphatic carbocycles. The Morgan fingerprint density at radius 3 is 1.50 bits per heavy atom. The molecule has 0 heterocycles. The molecule has 1 heteroatoms. The summed E-state index contributed by atoms with van der Waals surface area (Å²) in [5.74, 6) is 0. The molecule has 0 amide bonds. The van der Waals surface area contributed by atoms with Gasteiger partial charge in [0, 0.05) is 0 Å². The van der Waals surface area contributed by atoms with Gasteiger partial charge in [-0.05, 0) is 0 Å². The standard InChI is InChI=1S/C3H7.2C2H5.Bi/c1-3-2;2*1-2;/h3H,1-2H3;2*1H2,2H3;. The Morgan fingerprint density at radius 2 is 1.50 bits per heavy atom. The third-order valence-electron chi connectivity index (χ3n) is 1.54. The van der Waals surface area contributed by atoms with Gasteiger partial charge >= 0.3 is 61.3 Å². The molecular weight excluding hydrogens is 293 g/mol. The molecule has 0 aromatic heterocycles.